The van der Waals surface area contributed by atoms with E-state index >= 15 is 0 Å². The average molecular weight is 548 g/mol. The Labute approximate surface area is 229 Å². The molecule has 6 nitrogen and oxygen atoms in total. The van der Waals surface area contributed by atoms with E-state index in [4.69, 9.17) is 4.74 Å². The highest BCUT2D eigenvalue weighted by atomic mass is 19.4. The topological polar surface area (TPSA) is 91.3 Å². The monoisotopic (exact) mass is 547 g/mol. The number of phenolic OH excluding ortho intramolecular Hbond substituents is 1. The van der Waals surface area contributed by atoms with Crippen LogP contribution in [0.4, 0.5) is 13.2 Å². The third-order valence-electron chi connectivity index (χ3n) is 6.97. The first-order chi connectivity index (χ1) is 18.9. The number of H-pyrrole nitrogens is 1. The van der Waals surface area contributed by atoms with Crippen LogP contribution in [0.3, 0.4) is 0 Å². The van der Waals surface area contributed by atoms with Gasteiger partial charge in [-0.3, -0.25) is 4.98 Å². The molecule has 0 spiro atoms. The number of nitrogens with one attached hydrogen (secondary N) is 1. The van der Waals surface area contributed by atoms with Gasteiger partial charge in [0.05, 0.1) is 11.7 Å². The summed E-state index contributed by atoms with van der Waals surface area (Å²) < 4.78 is 49.2. The smallest absolute Gasteiger partial charge is 0.417 e. The molecule has 3 heterocycles. The van der Waals surface area contributed by atoms with E-state index in [-0.39, 0.29) is 11.4 Å². The molecule has 5 rings (SSSR count). The molecular weight excluding hydrogens is 519 g/mol. The number of pyridine rings is 2. The fraction of sp³-hybridized carbons (Fsp3) is 0.226. The van der Waals surface area contributed by atoms with Gasteiger partial charge in [-0.05, 0) is 53.8 Å². The second-order valence-corrected chi connectivity index (χ2v) is 10.6. The fourth-order valence-electron chi connectivity index (χ4n) is 5.03. The number of hydrogen-bond acceptors (Lipinski definition) is 5. The molecule has 0 saturated carbocycles. The van der Waals surface area contributed by atoms with Gasteiger partial charge in [-0.1, -0.05) is 44.2 Å². The van der Waals surface area contributed by atoms with Crippen LogP contribution in [0.2, 0.25) is 0 Å². The first-order valence-electron chi connectivity index (χ1n) is 12.7. The molecule has 2 aromatic carbocycles. The van der Waals surface area contributed by atoms with E-state index in [9.17, 15) is 23.4 Å². The van der Waals surface area contributed by atoms with Crippen LogP contribution < -0.4 is 4.74 Å². The molecule has 0 bridgehead atoms. The maximum absolute atomic E-state index is 14.5. The summed E-state index contributed by atoms with van der Waals surface area (Å²) in [7, 11) is 0. The van der Waals surface area contributed by atoms with E-state index in [1.807, 2.05) is 24.3 Å². The van der Waals surface area contributed by atoms with Crippen LogP contribution in [0, 0.1) is 0 Å². The van der Waals surface area contributed by atoms with Gasteiger partial charge in [0.2, 0.25) is 5.88 Å². The first kappa shape index (κ1) is 27.2. The summed E-state index contributed by atoms with van der Waals surface area (Å²) in [4.78, 5) is 11.3. The Morgan fingerprint density at radius 3 is 2.38 bits per heavy atom. The van der Waals surface area contributed by atoms with Gasteiger partial charge in [-0.25, -0.2) is 4.98 Å². The van der Waals surface area contributed by atoms with Crippen LogP contribution in [0.5, 0.6) is 17.4 Å². The van der Waals surface area contributed by atoms with Gasteiger partial charge in [0.1, 0.15) is 11.5 Å². The number of benzene rings is 2. The molecule has 0 aliphatic carbocycles. The van der Waals surface area contributed by atoms with Crippen LogP contribution in [0.25, 0.3) is 22.0 Å². The Balaban J connectivity index is 1.43. The first-order valence-corrected chi connectivity index (χ1v) is 12.7. The Morgan fingerprint density at radius 1 is 0.900 bits per heavy atom. The summed E-state index contributed by atoms with van der Waals surface area (Å²) in [5.74, 6) is 0.722. The second-order valence-electron chi connectivity index (χ2n) is 10.6. The number of para-hydroxylation sites is 1. The van der Waals surface area contributed by atoms with Crippen molar-refractivity contribution < 1.29 is 28.1 Å². The molecule has 0 fully saturated rings. The SMILES string of the molecule is CC(C)(CC(O)(Cc1cc2cc(Oc3ccccc3)ncc2[nH]1)C(F)(F)F)c1cc(-c2cccnc2)ccc1O. The van der Waals surface area contributed by atoms with Crippen LogP contribution in [-0.4, -0.2) is 36.9 Å². The van der Waals surface area contributed by atoms with E-state index < -0.39 is 30.0 Å². The highest BCUT2D eigenvalue weighted by Crippen LogP contribution is 2.45. The van der Waals surface area contributed by atoms with Crippen molar-refractivity contribution in [3.8, 4) is 28.5 Å². The predicted molar refractivity (Wildman–Crippen MR) is 146 cm³/mol. The molecule has 0 aliphatic heterocycles. The number of ether oxygens (including phenoxy) is 1. The van der Waals surface area contributed by atoms with E-state index in [2.05, 4.69) is 15.0 Å². The van der Waals surface area contributed by atoms with Crippen molar-refractivity contribution in [1.82, 2.24) is 15.0 Å². The van der Waals surface area contributed by atoms with Gasteiger partial charge in [0.15, 0.2) is 5.60 Å². The van der Waals surface area contributed by atoms with E-state index in [0.717, 1.165) is 5.56 Å². The van der Waals surface area contributed by atoms with E-state index in [0.29, 0.717) is 33.7 Å². The lowest BCUT2D eigenvalue weighted by atomic mass is 9.72. The van der Waals surface area contributed by atoms with Crippen LogP contribution >= 0.6 is 0 Å². The van der Waals surface area contributed by atoms with Gasteiger partial charge in [-0.2, -0.15) is 13.2 Å². The average Bonchev–Trinajstić information content (AvgIpc) is 3.30. The maximum atomic E-state index is 14.5. The summed E-state index contributed by atoms with van der Waals surface area (Å²) in [5.41, 5.74) is -1.89. The maximum Gasteiger partial charge on any atom is 0.417 e. The lowest BCUT2D eigenvalue weighted by Gasteiger charge is -2.38. The number of aliphatic hydroxyl groups is 1. The molecule has 0 radical (unpaired) electrons. The lowest BCUT2D eigenvalue weighted by molar-refractivity contribution is -0.266. The summed E-state index contributed by atoms with van der Waals surface area (Å²) in [6, 6.07) is 20.5. The van der Waals surface area contributed by atoms with Gasteiger partial charge >= 0.3 is 6.18 Å². The number of aromatic amines is 1. The minimum atomic E-state index is -4.95. The normalized spacial score (nSPS) is 13.8. The summed E-state index contributed by atoms with van der Waals surface area (Å²) in [5, 5.41) is 22.4. The van der Waals surface area contributed by atoms with Crippen molar-refractivity contribution in [3.63, 3.8) is 0 Å². The molecule has 5 aromatic rings. The molecule has 1 unspecified atom stereocenters. The quantitative estimate of drug-likeness (QED) is 0.189. The van der Waals surface area contributed by atoms with Crippen molar-refractivity contribution in [3.05, 3.63) is 103 Å². The molecule has 1 atom stereocenters. The fourth-order valence-corrected chi connectivity index (χ4v) is 5.03. The van der Waals surface area contributed by atoms with Crippen LogP contribution in [0.15, 0.2) is 91.4 Å². The van der Waals surface area contributed by atoms with Crippen molar-refractivity contribution in [2.75, 3.05) is 0 Å². The molecule has 0 aliphatic rings. The van der Waals surface area contributed by atoms with Gasteiger partial charge in [0.25, 0.3) is 0 Å². The van der Waals surface area contributed by atoms with Crippen molar-refractivity contribution in [2.45, 2.75) is 43.9 Å². The number of fused-ring (bicyclic) bond motifs is 1. The molecule has 40 heavy (non-hydrogen) atoms. The zero-order valence-electron chi connectivity index (χ0n) is 21.9. The van der Waals surface area contributed by atoms with Gasteiger partial charge in [0, 0.05) is 47.1 Å². The Bertz CT molecular complexity index is 1620. The molecule has 9 heteroatoms. The Morgan fingerprint density at radius 2 is 1.68 bits per heavy atom. The van der Waals surface area contributed by atoms with Crippen LogP contribution in [0.1, 0.15) is 31.5 Å². The second kappa shape index (κ2) is 10.3. The Kier molecular flexibility index (Phi) is 7.01. The van der Waals surface area contributed by atoms with E-state index in [1.165, 1.54) is 12.3 Å². The molecule has 0 amide bonds. The molecular formula is C31H28F3N3O3. The highest BCUT2D eigenvalue weighted by Gasteiger charge is 2.56. The number of alkyl halides is 3. The van der Waals surface area contributed by atoms with Gasteiger partial charge < -0.3 is 19.9 Å². The predicted octanol–water partition coefficient (Wildman–Crippen LogP) is 7.33. The Hall–Kier alpha value is -4.37. The molecule has 0 saturated heterocycles. The number of nitrogens with zero attached hydrogens (tertiary/aromatic N) is 2. The minimum absolute atomic E-state index is 0.148. The number of hydrogen-bond donors (Lipinski definition) is 3. The summed E-state index contributed by atoms with van der Waals surface area (Å²) in [6.45, 7) is 3.15. The largest absolute Gasteiger partial charge is 0.508 e. The third kappa shape index (κ3) is 5.65. The van der Waals surface area contributed by atoms with Crippen molar-refractivity contribution >= 4 is 10.9 Å². The lowest BCUT2D eigenvalue weighted by Crippen LogP contribution is -2.50. The highest BCUT2D eigenvalue weighted by molar-refractivity contribution is 5.80. The summed E-state index contributed by atoms with van der Waals surface area (Å²) in [6.07, 6.45) is -1.62. The van der Waals surface area contributed by atoms with Crippen molar-refractivity contribution in [1.29, 1.82) is 0 Å². The summed E-state index contributed by atoms with van der Waals surface area (Å²) >= 11 is 0. The third-order valence-corrected chi connectivity index (χ3v) is 6.97. The zero-order chi connectivity index (χ0) is 28.5. The minimum Gasteiger partial charge on any atom is -0.508 e. The van der Waals surface area contributed by atoms with E-state index in [1.54, 1.807) is 68.7 Å². The van der Waals surface area contributed by atoms with Crippen LogP contribution in [-0.2, 0) is 11.8 Å². The number of aromatic hydroxyl groups is 1. The molecule has 206 valence electrons. The number of aromatic nitrogens is 3. The standard InChI is InChI=1S/C31H28F3N3O3/c1-29(2,25-14-20(10-11-27(25)38)21-7-6-12-35-17-21)19-30(39,31(32,33)34)16-23-13-22-15-28(36-18-26(22)37-23)40-24-8-4-3-5-9-24/h3-15,17-18,37-39H,16,19H2,1-2H3. The number of phenols is 1. The number of halogens is 3. The van der Waals surface area contributed by atoms with Crippen molar-refractivity contribution in [2.24, 2.45) is 0 Å². The molecule has 3 aromatic heterocycles. The molecule has 3 N–H and O–H groups in total. The zero-order valence-corrected chi connectivity index (χ0v) is 21.9. The van der Waals surface area contributed by atoms with Gasteiger partial charge in [-0.15, -0.1) is 0 Å². The number of rotatable bonds is 8.